The average molecular weight is 237 g/mol. The van der Waals surface area contributed by atoms with Crippen LogP contribution in [0.15, 0.2) is 30.3 Å². The highest BCUT2D eigenvalue weighted by Crippen LogP contribution is 2.27. The molecule has 0 bridgehead atoms. The van der Waals surface area contributed by atoms with Gasteiger partial charge in [-0.15, -0.1) is 0 Å². The normalized spacial score (nSPS) is 21.8. The van der Waals surface area contributed by atoms with Gasteiger partial charge in [-0.05, 0) is 43.4 Å². The van der Waals surface area contributed by atoms with E-state index < -0.39 is 0 Å². The Bertz CT molecular complexity index is 732. The Balaban J connectivity index is 2.09. The molecule has 0 spiro atoms. The molecule has 18 heavy (non-hydrogen) atoms. The van der Waals surface area contributed by atoms with Crippen molar-refractivity contribution in [1.29, 1.82) is 0 Å². The smallest absolute Gasteiger partial charge is 0.121 e. The molecule has 0 amide bonds. The fourth-order valence-electron chi connectivity index (χ4n) is 3.04. The number of nitrogens with zero attached hydrogens (tertiary/aromatic N) is 1. The molecule has 90 valence electrons. The lowest BCUT2D eigenvalue weighted by Gasteiger charge is -2.27. The summed E-state index contributed by atoms with van der Waals surface area (Å²) in [6, 6.07) is 10.5. The lowest BCUT2D eigenvalue weighted by Crippen LogP contribution is -2.39. The highest BCUT2D eigenvalue weighted by molar-refractivity contribution is 5.78. The molecule has 0 radical (unpaired) electrons. The second-order valence-corrected chi connectivity index (χ2v) is 5.13. The third-order valence-electron chi connectivity index (χ3n) is 3.97. The van der Waals surface area contributed by atoms with Crippen molar-refractivity contribution < 1.29 is 4.74 Å². The maximum absolute atomic E-state index is 5.86. The Hall–Kier alpha value is -1.83. The second kappa shape index (κ2) is 3.84. The zero-order valence-electron chi connectivity index (χ0n) is 10.2. The van der Waals surface area contributed by atoms with Crippen molar-refractivity contribution in [3.05, 3.63) is 40.9 Å². The number of hydrogen-bond acceptors (Lipinski definition) is 2. The van der Waals surface area contributed by atoms with Gasteiger partial charge in [-0.25, -0.2) is 4.98 Å². The van der Waals surface area contributed by atoms with E-state index in [2.05, 4.69) is 24.3 Å². The summed E-state index contributed by atoms with van der Waals surface area (Å²) < 4.78 is 5.86. The molecule has 2 heteroatoms. The summed E-state index contributed by atoms with van der Waals surface area (Å²) in [5.41, 5.74) is 2.49. The number of aromatic nitrogens is 1. The first-order valence-corrected chi connectivity index (χ1v) is 6.66. The zero-order chi connectivity index (χ0) is 11.9. The van der Waals surface area contributed by atoms with Crippen LogP contribution < -0.4 is 10.6 Å². The molecule has 4 rings (SSSR count). The van der Waals surface area contributed by atoms with Crippen molar-refractivity contribution >= 4 is 22.7 Å². The number of hydrogen-bond donors (Lipinski definition) is 0. The average Bonchev–Trinajstić information content (AvgIpc) is 2.45. The number of pyridine rings is 1. The van der Waals surface area contributed by atoms with Crippen LogP contribution in [-0.4, -0.2) is 11.1 Å². The molecule has 0 N–H and O–H groups in total. The summed E-state index contributed by atoms with van der Waals surface area (Å²) in [5.74, 6) is 0. The molecule has 1 aliphatic heterocycles. The summed E-state index contributed by atoms with van der Waals surface area (Å²) in [6.45, 7) is 0. The van der Waals surface area contributed by atoms with Crippen LogP contribution in [0, 0.1) is 0 Å². The minimum atomic E-state index is 0.278. The molecule has 2 heterocycles. The second-order valence-electron chi connectivity index (χ2n) is 5.13. The Morgan fingerprint density at radius 3 is 3.11 bits per heavy atom. The van der Waals surface area contributed by atoms with Gasteiger partial charge in [-0.2, -0.15) is 0 Å². The Kier molecular flexibility index (Phi) is 2.16. The third kappa shape index (κ3) is 1.45. The molecule has 1 fully saturated rings. The first-order valence-electron chi connectivity index (χ1n) is 6.66. The maximum atomic E-state index is 5.86. The molecule has 1 aromatic heterocycles. The van der Waals surface area contributed by atoms with Crippen LogP contribution in [0.2, 0.25) is 0 Å². The maximum Gasteiger partial charge on any atom is 0.121 e. The predicted octanol–water partition coefficient (Wildman–Crippen LogP) is 2.10. The lowest BCUT2D eigenvalue weighted by atomic mass is 9.90. The van der Waals surface area contributed by atoms with Gasteiger partial charge < -0.3 is 4.74 Å². The molecule has 1 aromatic carbocycles. The minimum absolute atomic E-state index is 0.278. The third-order valence-corrected chi connectivity index (χ3v) is 3.97. The van der Waals surface area contributed by atoms with E-state index in [-0.39, 0.29) is 6.10 Å². The number of rotatable bonds is 0. The SMILES string of the molecule is C1=c2cc3ccccc3nc2=C2CCCCC2O1. The zero-order valence-corrected chi connectivity index (χ0v) is 10.2. The highest BCUT2D eigenvalue weighted by Gasteiger charge is 2.23. The Morgan fingerprint density at radius 2 is 2.11 bits per heavy atom. The van der Waals surface area contributed by atoms with Crippen LogP contribution >= 0.6 is 0 Å². The van der Waals surface area contributed by atoms with Crippen LogP contribution in [0.25, 0.3) is 22.7 Å². The van der Waals surface area contributed by atoms with Gasteiger partial charge >= 0.3 is 0 Å². The van der Waals surface area contributed by atoms with Crippen molar-refractivity contribution in [1.82, 2.24) is 4.98 Å². The largest absolute Gasteiger partial charge is 0.493 e. The minimum Gasteiger partial charge on any atom is -0.493 e. The van der Waals surface area contributed by atoms with E-state index in [0.29, 0.717) is 0 Å². The van der Waals surface area contributed by atoms with E-state index in [1.807, 2.05) is 12.3 Å². The van der Waals surface area contributed by atoms with Gasteiger partial charge in [0.1, 0.15) is 6.10 Å². The molecule has 2 aromatic rings. The summed E-state index contributed by atoms with van der Waals surface area (Å²) in [6.07, 6.45) is 6.98. The number of benzene rings is 1. The Morgan fingerprint density at radius 1 is 1.17 bits per heavy atom. The molecule has 0 saturated heterocycles. The molecule has 1 atom stereocenters. The van der Waals surface area contributed by atoms with Gasteiger partial charge in [0.15, 0.2) is 0 Å². The van der Waals surface area contributed by atoms with Crippen molar-refractivity contribution in [3.63, 3.8) is 0 Å². The standard InChI is InChI=1S/C16H15NO/c1-3-7-14-11(5-1)9-12-10-18-15-8-4-2-6-13(15)16(12)17-14/h1,3,5,7,9-10,15H,2,4,6,8H2. The van der Waals surface area contributed by atoms with Gasteiger partial charge in [0.2, 0.25) is 0 Å². The van der Waals surface area contributed by atoms with E-state index in [1.54, 1.807) is 0 Å². The van der Waals surface area contributed by atoms with Crippen LogP contribution in [-0.2, 0) is 4.74 Å². The van der Waals surface area contributed by atoms with E-state index in [4.69, 9.17) is 9.72 Å². The number of fused-ring (bicyclic) bond motifs is 3. The molecule has 1 aliphatic carbocycles. The van der Waals surface area contributed by atoms with E-state index in [1.165, 1.54) is 29.2 Å². The first-order chi connectivity index (χ1) is 8.92. The molecular weight excluding hydrogens is 222 g/mol. The molecule has 1 saturated carbocycles. The van der Waals surface area contributed by atoms with Crippen molar-refractivity contribution in [2.75, 3.05) is 0 Å². The molecule has 1 unspecified atom stereocenters. The van der Waals surface area contributed by atoms with E-state index in [9.17, 15) is 0 Å². The Labute approximate surface area is 106 Å². The predicted molar refractivity (Wildman–Crippen MR) is 72.2 cm³/mol. The van der Waals surface area contributed by atoms with E-state index in [0.717, 1.165) is 23.6 Å². The summed E-state index contributed by atoms with van der Waals surface area (Å²) in [4.78, 5) is 4.85. The van der Waals surface area contributed by atoms with Gasteiger partial charge in [-0.1, -0.05) is 18.2 Å². The lowest BCUT2D eigenvalue weighted by molar-refractivity contribution is 0.200. The van der Waals surface area contributed by atoms with E-state index >= 15 is 0 Å². The topological polar surface area (TPSA) is 22.1 Å². The monoisotopic (exact) mass is 237 g/mol. The van der Waals surface area contributed by atoms with Gasteiger partial charge in [0.25, 0.3) is 0 Å². The summed E-state index contributed by atoms with van der Waals surface area (Å²) in [7, 11) is 0. The number of ether oxygens (including phenoxy) is 1. The van der Waals surface area contributed by atoms with Crippen LogP contribution in [0.3, 0.4) is 0 Å². The molecular formula is C16H15NO. The van der Waals surface area contributed by atoms with Gasteiger partial charge in [0.05, 0.1) is 17.1 Å². The number of para-hydroxylation sites is 1. The fraction of sp³-hybridized carbons (Fsp3) is 0.312. The fourth-order valence-corrected chi connectivity index (χ4v) is 3.04. The van der Waals surface area contributed by atoms with Gasteiger partial charge in [-0.3, -0.25) is 0 Å². The van der Waals surface area contributed by atoms with Crippen molar-refractivity contribution in [2.24, 2.45) is 0 Å². The van der Waals surface area contributed by atoms with Crippen LogP contribution in [0.4, 0.5) is 0 Å². The van der Waals surface area contributed by atoms with Crippen molar-refractivity contribution in [3.8, 4) is 0 Å². The summed E-state index contributed by atoms with van der Waals surface area (Å²) in [5, 5.41) is 3.50. The summed E-state index contributed by atoms with van der Waals surface area (Å²) >= 11 is 0. The molecule has 2 aliphatic rings. The van der Waals surface area contributed by atoms with Crippen molar-refractivity contribution in [2.45, 2.75) is 31.8 Å². The van der Waals surface area contributed by atoms with Gasteiger partial charge in [0, 0.05) is 10.6 Å². The first kappa shape index (κ1) is 10.1. The van der Waals surface area contributed by atoms with Crippen LogP contribution in [0.1, 0.15) is 25.7 Å². The highest BCUT2D eigenvalue weighted by atomic mass is 16.5. The van der Waals surface area contributed by atoms with Crippen LogP contribution in [0.5, 0.6) is 0 Å². The quantitative estimate of drug-likeness (QED) is 0.700. The molecule has 2 nitrogen and oxygen atoms in total.